The Balaban J connectivity index is 1.70. The van der Waals surface area contributed by atoms with Gasteiger partial charge in [0.15, 0.2) is 5.43 Å². The smallest absolute Gasteiger partial charge is 0.338 e. The number of carbonyl (C=O) groups is 2. The van der Waals surface area contributed by atoms with Crippen LogP contribution >= 0.6 is 0 Å². The number of carbonyl (C=O) groups excluding carboxylic acids is 2. The molecule has 1 amide bonds. The average molecular weight is 391 g/mol. The molecule has 0 saturated carbocycles. The van der Waals surface area contributed by atoms with Gasteiger partial charge in [-0.25, -0.2) is 4.79 Å². The van der Waals surface area contributed by atoms with Crippen molar-refractivity contribution in [1.82, 2.24) is 0 Å². The normalized spacial score (nSPS) is 11.2. The Morgan fingerprint density at radius 2 is 1.83 bits per heavy atom. The van der Waals surface area contributed by atoms with Crippen LogP contribution in [0.2, 0.25) is 0 Å². The predicted octanol–water partition coefficient (Wildman–Crippen LogP) is 4.32. The van der Waals surface area contributed by atoms with Crippen molar-refractivity contribution in [3.8, 4) is 0 Å². The second kappa shape index (κ2) is 8.56. The molecule has 148 valence electrons. The standard InChI is InChI=1S/C23H21NO5/c1-14(2)29-23(27)16-5-8-18(9-6-16)24-21(25)11-7-17-13-28-20-10-4-15(3)12-19(20)22(17)26/h4-14H,1-3H3,(H,24,25)/b11-7+. The van der Waals surface area contributed by atoms with Crippen LogP contribution in [0.15, 0.2) is 64.0 Å². The Morgan fingerprint density at radius 3 is 2.52 bits per heavy atom. The highest BCUT2D eigenvalue weighted by atomic mass is 16.5. The zero-order chi connectivity index (χ0) is 21.0. The lowest BCUT2D eigenvalue weighted by atomic mass is 10.1. The van der Waals surface area contributed by atoms with E-state index in [9.17, 15) is 14.4 Å². The van der Waals surface area contributed by atoms with Crippen molar-refractivity contribution in [1.29, 1.82) is 0 Å². The molecule has 0 aliphatic heterocycles. The summed E-state index contributed by atoms with van der Waals surface area (Å²) in [5.41, 5.74) is 2.44. The van der Waals surface area contributed by atoms with E-state index in [4.69, 9.17) is 9.15 Å². The molecular formula is C23H21NO5. The summed E-state index contributed by atoms with van der Waals surface area (Å²) in [6.07, 6.45) is 3.80. The van der Waals surface area contributed by atoms with Crippen LogP contribution in [0.4, 0.5) is 5.69 Å². The molecule has 1 aromatic heterocycles. The number of fused-ring (bicyclic) bond motifs is 1. The number of ether oxygens (including phenoxy) is 1. The molecule has 0 radical (unpaired) electrons. The molecule has 3 aromatic rings. The Bertz CT molecular complexity index is 1140. The van der Waals surface area contributed by atoms with Crippen LogP contribution in [-0.2, 0) is 9.53 Å². The first-order valence-corrected chi connectivity index (χ1v) is 9.16. The maximum absolute atomic E-state index is 12.5. The van der Waals surface area contributed by atoms with Gasteiger partial charge in [-0.1, -0.05) is 11.6 Å². The lowest BCUT2D eigenvalue weighted by Gasteiger charge is -2.08. The number of benzene rings is 2. The number of hydrogen-bond acceptors (Lipinski definition) is 5. The number of anilines is 1. The van der Waals surface area contributed by atoms with Crippen LogP contribution in [0.5, 0.6) is 0 Å². The molecule has 0 atom stereocenters. The molecule has 1 heterocycles. The zero-order valence-corrected chi connectivity index (χ0v) is 16.4. The number of aryl methyl sites for hydroxylation is 1. The van der Waals surface area contributed by atoms with Gasteiger partial charge in [0.25, 0.3) is 0 Å². The molecule has 0 spiro atoms. The van der Waals surface area contributed by atoms with Gasteiger partial charge in [-0.05, 0) is 63.2 Å². The Morgan fingerprint density at radius 1 is 1.10 bits per heavy atom. The van der Waals surface area contributed by atoms with E-state index in [2.05, 4.69) is 5.32 Å². The van der Waals surface area contributed by atoms with Gasteiger partial charge in [-0.2, -0.15) is 0 Å². The molecule has 0 fully saturated rings. The highest BCUT2D eigenvalue weighted by Crippen LogP contribution is 2.14. The second-order valence-electron chi connectivity index (χ2n) is 6.87. The van der Waals surface area contributed by atoms with E-state index in [-0.39, 0.29) is 17.1 Å². The first-order chi connectivity index (χ1) is 13.8. The fourth-order valence-electron chi connectivity index (χ4n) is 2.70. The van der Waals surface area contributed by atoms with E-state index < -0.39 is 11.9 Å². The quantitative estimate of drug-likeness (QED) is 0.517. The molecule has 0 aliphatic rings. The summed E-state index contributed by atoms with van der Waals surface area (Å²) in [6.45, 7) is 5.44. The fourth-order valence-corrected chi connectivity index (χ4v) is 2.70. The molecule has 2 aromatic carbocycles. The van der Waals surface area contributed by atoms with Gasteiger partial charge >= 0.3 is 5.97 Å². The third-order valence-electron chi connectivity index (χ3n) is 4.10. The van der Waals surface area contributed by atoms with E-state index in [0.717, 1.165) is 5.56 Å². The largest absolute Gasteiger partial charge is 0.463 e. The molecule has 0 saturated heterocycles. The summed E-state index contributed by atoms with van der Waals surface area (Å²) < 4.78 is 10.6. The lowest BCUT2D eigenvalue weighted by Crippen LogP contribution is -2.12. The van der Waals surface area contributed by atoms with Gasteiger partial charge < -0.3 is 14.5 Å². The highest BCUT2D eigenvalue weighted by molar-refractivity contribution is 6.02. The number of esters is 1. The first kappa shape index (κ1) is 20.1. The Kier molecular flexibility index (Phi) is 5.93. The van der Waals surface area contributed by atoms with Crippen molar-refractivity contribution in [3.05, 3.63) is 81.7 Å². The van der Waals surface area contributed by atoms with Crippen molar-refractivity contribution in [2.45, 2.75) is 26.9 Å². The molecule has 3 rings (SSSR count). The van der Waals surface area contributed by atoms with E-state index >= 15 is 0 Å². The van der Waals surface area contributed by atoms with E-state index in [0.29, 0.717) is 22.2 Å². The molecule has 1 N–H and O–H groups in total. The van der Waals surface area contributed by atoms with Gasteiger partial charge in [0.05, 0.1) is 22.6 Å². The zero-order valence-electron chi connectivity index (χ0n) is 16.4. The van der Waals surface area contributed by atoms with Gasteiger partial charge in [-0.15, -0.1) is 0 Å². The van der Waals surface area contributed by atoms with E-state index in [1.54, 1.807) is 50.2 Å². The summed E-state index contributed by atoms with van der Waals surface area (Å²) in [4.78, 5) is 36.5. The summed E-state index contributed by atoms with van der Waals surface area (Å²) in [6, 6.07) is 11.7. The van der Waals surface area contributed by atoms with Gasteiger partial charge in [-0.3, -0.25) is 9.59 Å². The van der Waals surface area contributed by atoms with Crippen LogP contribution in [0.25, 0.3) is 17.0 Å². The van der Waals surface area contributed by atoms with Crippen molar-refractivity contribution in [2.24, 2.45) is 0 Å². The van der Waals surface area contributed by atoms with Crippen LogP contribution in [-0.4, -0.2) is 18.0 Å². The second-order valence-corrected chi connectivity index (χ2v) is 6.87. The molecule has 6 nitrogen and oxygen atoms in total. The van der Waals surface area contributed by atoms with Gasteiger partial charge in [0.2, 0.25) is 5.91 Å². The van der Waals surface area contributed by atoms with Crippen LogP contribution in [0.3, 0.4) is 0 Å². The molecule has 0 bridgehead atoms. The molecule has 6 heteroatoms. The SMILES string of the molecule is Cc1ccc2occ(/C=C/C(=O)Nc3ccc(C(=O)OC(C)C)cc3)c(=O)c2c1. The first-order valence-electron chi connectivity index (χ1n) is 9.16. The lowest BCUT2D eigenvalue weighted by molar-refractivity contribution is -0.111. The summed E-state index contributed by atoms with van der Waals surface area (Å²) in [7, 11) is 0. The van der Waals surface area contributed by atoms with Gasteiger partial charge in [0.1, 0.15) is 11.8 Å². The summed E-state index contributed by atoms with van der Waals surface area (Å²) >= 11 is 0. The predicted molar refractivity (Wildman–Crippen MR) is 112 cm³/mol. The van der Waals surface area contributed by atoms with Crippen molar-refractivity contribution in [2.75, 3.05) is 5.32 Å². The number of nitrogens with one attached hydrogen (secondary N) is 1. The summed E-state index contributed by atoms with van der Waals surface area (Å²) in [5.74, 6) is -0.831. The minimum Gasteiger partial charge on any atom is -0.463 e. The average Bonchev–Trinajstić information content (AvgIpc) is 2.68. The minimum atomic E-state index is -0.420. The van der Waals surface area contributed by atoms with Gasteiger partial charge in [0, 0.05) is 11.8 Å². The van der Waals surface area contributed by atoms with Crippen LogP contribution in [0, 0.1) is 6.92 Å². The Labute approximate surface area is 167 Å². The molecule has 0 aliphatic carbocycles. The molecule has 0 unspecified atom stereocenters. The number of amides is 1. The van der Waals surface area contributed by atoms with Crippen LogP contribution < -0.4 is 10.7 Å². The fraction of sp³-hybridized carbons (Fsp3) is 0.174. The van der Waals surface area contributed by atoms with E-state index in [1.165, 1.54) is 18.4 Å². The molecule has 29 heavy (non-hydrogen) atoms. The van der Waals surface area contributed by atoms with Crippen molar-refractivity contribution in [3.63, 3.8) is 0 Å². The van der Waals surface area contributed by atoms with Crippen LogP contribution in [0.1, 0.15) is 35.3 Å². The minimum absolute atomic E-state index is 0.202. The molecular weight excluding hydrogens is 370 g/mol. The van der Waals surface area contributed by atoms with E-state index in [1.807, 2.05) is 13.0 Å². The number of rotatable bonds is 5. The third-order valence-corrected chi connectivity index (χ3v) is 4.10. The summed E-state index contributed by atoms with van der Waals surface area (Å²) in [5, 5.41) is 3.14. The third kappa shape index (κ3) is 4.99. The van der Waals surface area contributed by atoms with Crippen molar-refractivity contribution < 1.29 is 18.7 Å². The maximum atomic E-state index is 12.5. The van der Waals surface area contributed by atoms with Crippen molar-refractivity contribution >= 4 is 34.6 Å². The Hall–Kier alpha value is -3.67. The monoisotopic (exact) mass is 391 g/mol. The number of hydrogen-bond donors (Lipinski definition) is 1. The maximum Gasteiger partial charge on any atom is 0.338 e. The topological polar surface area (TPSA) is 85.6 Å². The highest BCUT2D eigenvalue weighted by Gasteiger charge is 2.09.